The maximum Gasteiger partial charge on any atom is 0.150 e. The molecule has 172 valence electrons. The Labute approximate surface area is 194 Å². The number of nitrogens with one attached hydrogen (secondary N) is 1. The lowest BCUT2D eigenvalue weighted by atomic mass is 9.87. The molecule has 0 atom stereocenters. The Morgan fingerprint density at radius 2 is 1.94 bits per heavy atom. The van der Waals surface area contributed by atoms with Crippen molar-refractivity contribution in [2.24, 2.45) is 7.05 Å². The first-order valence-electron chi connectivity index (χ1n) is 11.9. The molecule has 3 aromatic heterocycles. The average molecular weight is 446 g/mol. The lowest BCUT2D eigenvalue weighted by Gasteiger charge is -2.31. The van der Waals surface area contributed by atoms with E-state index in [1.807, 2.05) is 30.9 Å². The minimum absolute atomic E-state index is 0.275. The van der Waals surface area contributed by atoms with Crippen LogP contribution in [0.3, 0.4) is 0 Å². The summed E-state index contributed by atoms with van der Waals surface area (Å²) in [7, 11) is 1.97. The third kappa shape index (κ3) is 4.32. The number of halogens is 1. The normalized spacial score (nSPS) is 15.7. The van der Waals surface area contributed by atoms with E-state index < -0.39 is 0 Å². The van der Waals surface area contributed by atoms with Crippen LogP contribution in [-0.2, 0) is 13.6 Å². The van der Waals surface area contributed by atoms with E-state index in [1.54, 1.807) is 0 Å². The molecule has 5 rings (SSSR count). The van der Waals surface area contributed by atoms with Crippen molar-refractivity contribution >= 4 is 10.9 Å². The number of aromatic amines is 1. The Balaban J connectivity index is 1.41. The Kier molecular flexibility index (Phi) is 5.79. The zero-order chi connectivity index (χ0) is 23.1. The third-order valence-electron chi connectivity index (χ3n) is 6.91. The summed E-state index contributed by atoms with van der Waals surface area (Å²) in [4.78, 5) is 10.1. The number of aromatic nitrogens is 4. The fourth-order valence-corrected chi connectivity index (χ4v) is 5.23. The fourth-order valence-electron chi connectivity index (χ4n) is 5.23. The van der Waals surface area contributed by atoms with Gasteiger partial charge in [0.2, 0.25) is 0 Å². The van der Waals surface area contributed by atoms with Gasteiger partial charge in [-0.2, -0.15) is 5.10 Å². The minimum Gasteiger partial charge on any atom is -0.354 e. The number of hydrogen-bond donors (Lipinski definition) is 1. The van der Waals surface area contributed by atoms with Crippen LogP contribution in [0.2, 0.25) is 0 Å². The van der Waals surface area contributed by atoms with Crippen LogP contribution in [0.15, 0.2) is 42.7 Å². The minimum atomic E-state index is -0.283. The number of rotatable bonds is 5. The first-order valence-corrected chi connectivity index (χ1v) is 11.9. The lowest BCUT2D eigenvalue weighted by Crippen LogP contribution is -2.32. The Bertz CT molecular complexity index is 1280. The Morgan fingerprint density at radius 3 is 2.64 bits per heavy atom. The molecule has 0 unspecified atom stereocenters. The van der Waals surface area contributed by atoms with Gasteiger partial charge in [0, 0.05) is 41.9 Å². The van der Waals surface area contributed by atoms with Gasteiger partial charge in [-0.25, -0.2) is 4.39 Å². The van der Waals surface area contributed by atoms with Crippen molar-refractivity contribution in [3.8, 4) is 11.3 Å². The third-order valence-corrected chi connectivity index (χ3v) is 6.91. The number of piperidine rings is 1. The van der Waals surface area contributed by atoms with Crippen LogP contribution in [0.4, 0.5) is 4.39 Å². The van der Waals surface area contributed by atoms with Crippen molar-refractivity contribution in [2.75, 3.05) is 13.1 Å². The molecule has 33 heavy (non-hydrogen) atoms. The molecule has 5 nitrogen and oxygen atoms in total. The van der Waals surface area contributed by atoms with E-state index >= 15 is 0 Å². The van der Waals surface area contributed by atoms with Gasteiger partial charge in [-0.05, 0) is 80.1 Å². The highest BCUT2D eigenvalue weighted by Crippen LogP contribution is 2.39. The molecule has 0 spiro atoms. The van der Waals surface area contributed by atoms with Crippen LogP contribution in [0.25, 0.3) is 22.2 Å². The largest absolute Gasteiger partial charge is 0.354 e. The second-order valence-electron chi connectivity index (χ2n) is 9.71. The average Bonchev–Trinajstić information content (AvgIpc) is 3.38. The van der Waals surface area contributed by atoms with E-state index in [4.69, 9.17) is 0 Å². The van der Waals surface area contributed by atoms with Crippen molar-refractivity contribution in [1.82, 2.24) is 24.6 Å². The summed E-state index contributed by atoms with van der Waals surface area (Å²) in [6, 6.07) is 10.7. The summed E-state index contributed by atoms with van der Waals surface area (Å²) in [6.07, 6.45) is 5.62. The summed E-state index contributed by atoms with van der Waals surface area (Å²) in [5.41, 5.74) is 7.08. The van der Waals surface area contributed by atoms with E-state index in [9.17, 15) is 4.39 Å². The molecule has 0 radical (unpaired) electrons. The van der Waals surface area contributed by atoms with Gasteiger partial charge in [-0.3, -0.25) is 14.6 Å². The van der Waals surface area contributed by atoms with Crippen LogP contribution in [0.1, 0.15) is 61.0 Å². The Morgan fingerprint density at radius 1 is 1.15 bits per heavy atom. The standard InChI is InChI=1S/C27H32FN5/c1-17(2)26-23-14-20(19-7-11-33(12-8-19)16-21-9-10-32(4)31-21)5-6-25(23)30-27(26)22-13-18(3)29-15-24(22)28/h5-6,9-10,13-15,17,19,30H,7-8,11-12,16H2,1-4H3. The van der Waals surface area contributed by atoms with E-state index in [1.165, 1.54) is 22.7 Å². The SMILES string of the molecule is Cc1cc(-c2[nH]c3ccc(C4CCN(Cc5ccn(C)n5)CC4)cc3c2C(C)C)c(F)cn1. The van der Waals surface area contributed by atoms with Gasteiger partial charge in [0.15, 0.2) is 5.82 Å². The molecule has 1 aliphatic rings. The van der Waals surface area contributed by atoms with Crippen molar-refractivity contribution in [1.29, 1.82) is 0 Å². The molecule has 1 N–H and O–H groups in total. The molecular formula is C27H32FN5. The van der Waals surface area contributed by atoms with Gasteiger partial charge >= 0.3 is 0 Å². The number of aryl methyl sites for hydroxylation is 2. The zero-order valence-corrected chi connectivity index (χ0v) is 19.9. The fraction of sp³-hybridized carbons (Fsp3) is 0.407. The Hall–Kier alpha value is -2.99. The van der Waals surface area contributed by atoms with E-state index in [-0.39, 0.29) is 11.7 Å². The number of hydrogen-bond acceptors (Lipinski definition) is 3. The number of fused-ring (bicyclic) bond motifs is 1. The van der Waals surface area contributed by atoms with Crippen molar-refractivity contribution in [3.05, 3.63) is 71.1 Å². The number of benzene rings is 1. The van der Waals surface area contributed by atoms with Gasteiger partial charge in [-0.15, -0.1) is 0 Å². The molecular weight excluding hydrogens is 413 g/mol. The molecule has 0 saturated carbocycles. The van der Waals surface area contributed by atoms with Gasteiger partial charge in [0.05, 0.1) is 17.6 Å². The van der Waals surface area contributed by atoms with Crippen LogP contribution < -0.4 is 0 Å². The first-order chi connectivity index (χ1) is 15.9. The van der Waals surface area contributed by atoms with Crippen molar-refractivity contribution < 1.29 is 4.39 Å². The first kappa shape index (κ1) is 21.8. The summed E-state index contributed by atoms with van der Waals surface area (Å²) in [6.45, 7) is 9.34. The van der Waals surface area contributed by atoms with E-state index in [0.717, 1.165) is 55.1 Å². The van der Waals surface area contributed by atoms with Gasteiger partial charge in [0.1, 0.15) is 0 Å². The maximum absolute atomic E-state index is 14.7. The molecule has 6 heteroatoms. The zero-order valence-electron chi connectivity index (χ0n) is 19.9. The quantitative estimate of drug-likeness (QED) is 0.415. The number of nitrogens with zero attached hydrogens (tertiary/aromatic N) is 4. The number of likely N-dealkylation sites (tertiary alicyclic amines) is 1. The summed E-state index contributed by atoms with van der Waals surface area (Å²) in [5.74, 6) is 0.541. The van der Waals surface area contributed by atoms with E-state index in [2.05, 4.69) is 58.1 Å². The molecule has 1 aliphatic heterocycles. The van der Waals surface area contributed by atoms with Crippen molar-refractivity contribution in [2.45, 2.75) is 52.0 Å². The number of pyridine rings is 1. The predicted molar refractivity (Wildman–Crippen MR) is 131 cm³/mol. The van der Waals surface area contributed by atoms with Crippen molar-refractivity contribution in [3.63, 3.8) is 0 Å². The molecule has 4 heterocycles. The summed E-state index contributed by atoms with van der Waals surface area (Å²) >= 11 is 0. The van der Waals surface area contributed by atoms with Gasteiger partial charge in [-0.1, -0.05) is 19.9 Å². The maximum atomic E-state index is 14.7. The molecule has 0 aliphatic carbocycles. The lowest BCUT2D eigenvalue weighted by molar-refractivity contribution is 0.202. The highest BCUT2D eigenvalue weighted by molar-refractivity contribution is 5.92. The topological polar surface area (TPSA) is 49.7 Å². The summed E-state index contributed by atoms with van der Waals surface area (Å²) in [5, 5.41) is 5.73. The van der Waals surface area contributed by atoms with Crippen LogP contribution in [0, 0.1) is 12.7 Å². The number of H-pyrrole nitrogens is 1. The summed E-state index contributed by atoms with van der Waals surface area (Å²) < 4.78 is 16.6. The molecule has 1 fully saturated rings. The molecule has 0 amide bonds. The molecule has 4 aromatic rings. The van der Waals surface area contributed by atoms with Gasteiger partial charge < -0.3 is 4.98 Å². The van der Waals surface area contributed by atoms with Crippen LogP contribution >= 0.6 is 0 Å². The monoisotopic (exact) mass is 445 g/mol. The molecule has 1 aromatic carbocycles. The van der Waals surface area contributed by atoms with Crippen LogP contribution in [-0.4, -0.2) is 37.7 Å². The second kappa shape index (κ2) is 8.75. The second-order valence-corrected chi connectivity index (χ2v) is 9.71. The smallest absolute Gasteiger partial charge is 0.150 e. The highest BCUT2D eigenvalue weighted by Gasteiger charge is 2.24. The predicted octanol–water partition coefficient (Wildman–Crippen LogP) is 5.91. The van der Waals surface area contributed by atoms with E-state index in [0.29, 0.717) is 11.5 Å². The van der Waals surface area contributed by atoms with Crippen LogP contribution in [0.5, 0.6) is 0 Å². The molecule has 0 bridgehead atoms. The van der Waals surface area contributed by atoms with Gasteiger partial charge in [0.25, 0.3) is 0 Å². The molecule has 1 saturated heterocycles. The highest BCUT2D eigenvalue weighted by atomic mass is 19.1.